The highest BCUT2D eigenvalue weighted by molar-refractivity contribution is 9.10. The minimum Gasteiger partial charge on any atom is -0.293 e. The van der Waals surface area contributed by atoms with Crippen LogP contribution in [0.1, 0.15) is 5.69 Å². The second-order valence-electron chi connectivity index (χ2n) is 3.93. The summed E-state index contributed by atoms with van der Waals surface area (Å²) in [7, 11) is 0. The lowest BCUT2D eigenvalue weighted by Crippen LogP contribution is -2.14. The SMILES string of the molecule is Cc1[nH]n2c(=O)cc(-c3cccnc3)nc2c1Br. The van der Waals surface area contributed by atoms with Gasteiger partial charge in [-0.05, 0) is 35.0 Å². The Labute approximate surface area is 111 Å². The molecular formula is C12H9BrN4O. The van der Waals surface area contributed by atoms with Crippen molar-refractivity contribution in [3.63, 3.8) is 0 Å². The topological polar surface area (TPSA) is 63.0 Å². The second kappa shape index (κ2) is 4.06. The van der Waals surface area contributed by atoms with Gasteiger partial charge in [-0.3, -0.25) is 14.9 Å². The molecule has 1 N–H and O–H groups in total. The third kappa shape index (κ3) is 1.65. The van der Waals surface area contributed by atoms with Gasteiger partial charge in [0.2, 0.25) is 0 Å². The Kier molecular flexibility index (Phi) is 2.52. The molecule has 0 amide bonds. The fourth-order valence-corrected chi connectivity index (χ4v) is 2.14. The number of aryl methyl sites for hydroxylation is 1. The molecule has 90 valence electrons. The molecule has 0 spiro atoms. The molecule has 5 nitrogen and oxygen atoms in total. The quantitative estimate of drug-likeness (QED) is 0.749. The van der Waals surface area contributed by atoms with Crippen molar-refractivity contribution in [2.24, 2.45) is 0 Å². The smallest absolute Gasteiger partial charge is 0.273 e. The Morgan fingerprint density at radius 3 is 3.00 bits per heavy atom. The first-order chi connectivity index (χ1) is 8.66. The molecule has 0 aromatic carbocycles. The molecule has 0 atom stereocenters. The van der Waals surface area contributed by atoms with Crippen LogP contribution in [0.15, 0.2) is 39.9 Å². The molecule has 3 rings (SSSR count). The molecular weight excluding hydrogens is 296 g/mol. The maximum Gasteiger partial charge on any atom is 0.273 e. The van der Waals surface area contributed by atoms with E-state index in [1.54, 1.807) is 12.4 Å². The summed E-state index contributed by atoms with van der Waals surface area (Å²) in [6.07, 6.45) is 3.37. The summed E-state index contributed by atoms with van der Waals surface area (Å²) in [6, 6.07) is 5.18. The van der Waals surface area contributed by atoms with Crippen LogP contribution >= 0.6 is 15.9 Å². The summed E-state index contributed by atoms with van der Waals surface area (Å²) in [5, 5.41) is 2.95. The molecule has 18 heavy (non-hydrogen) atoms. The monoisotopic (exact) mass is 304 g/mol. The van der Waals surface area contributed by atoms with Crippen LogP contribution in [0.4, 0.5) is 0 Å². The van der Waals surface area contributed by atoms with Crippen LogP contribution in [0.25, 0.3) is 16.9 Å². The maximum absolute atomic E-state index is 12.0. The van der Waals surface area contributed by atoms with E-state index in [4.69, 9.17) is 0 Å². The van der Waals surface area contributed by atoms with Gasteiger partial charge in [0, 0.05) is 29.7 Å². The molecule has 3 heterocycles. The highest BCUT2D eigenvalue weighted by Gasteiger charge is 2.11. The van der Waals surface area contributed by atoms with Crippen LogP contribution in [0.2, 0.25) is 0 Å². The van der Waals surface area contributed by atoms with Crippen molar-refractivity contribution in [1.82, 2.24) is 19.6 Å². The van der Waals surface area contributed by atoms with E-state index >= 15 is 0 Å². The van der Waals surface area contributed by atoms with Gasteiger partial charge >= 0.3 is 0 Å². The summed E-state index contributed by atoms with van der Waals surface area (Å²) < 4.78 is 2.21. The highest BCUT2D eigenvalue weighted by atomic mass is 79.9. The van der Waals surface area contributed by atoms with E-state index in [1.807, 2.05) is 19.1 Å². The fourth-order valence-electron chi connectivity index (χ4n) is 1.78. The summed E-state index contributed by atoms with van der Waals surface area (Å²) in [6.45, 7) is 1.88. The molecule has 0 bridgehead atoms. The lowest BCUT2D eigenvalue weighted by molar-refractivity contribution is 0.882. The zero-order valence-corrected chi connectivity index (χ0v) is 11.1. The number of H-pyrrole nitrogens is 1. The minimum absolute atomic E-state index is 0.146. The van der Waals surface area contributed by atoms with Crippen LogP contribution in [-0.2, 0) is 0 Å². The zero-order valence-electron chi connectivity index (χ0n) is 9.51. The van der Waals surface area contributed by atoms with Gasteiger partial charge in [0.05, 0.1) is 10.2 Å². The number of halogens is 1. The van der Waals surface area contributed by atoms with Crippen molar-refractivity contribution >= 4 is 21.6 Å². The number of nitrogens with one attached hydrogen (secondary N) is 1. The maximum atomic E-state index is 12.0. The molecule has 3 aromatic heterocycles. The highest BCUT2D eigenvalue weighted by Crippen LogP contribution is 2.21. The predicted octanol–water partition coefficient (Wildman–Crippen LogP) is 2.16. The molecule has 3 aromatic rings. The van der Waals surface area contributed by atoms with Crippen molar-refractivity contribution in [2.75, 3.05) is 0 Å². The first kappa shape index (κ1) is 11.2. The summed E-state index contributed by atoms with van der Waals surface area (Å²) >= 11 is 3.42. The van der Waals surface area contributed by atoms with Gasteiger partial charge < -0.3 is 0 Å². The van der Waals surface area contributed by atoms with Crippen LogP contribution in [0.5, 0.6) is 0 Å². The van der Waals surface area contributed by atoms with Gasteiger partial charge in [0.15, 0.2) is 5.65 Å². The number of aromatic nitrogens is 4. The standard InChI is InChI=1S/C12H9BrN4O/c1-7-11(13)12-15-9(5-10(18)17(12)16-7)8-3-2-4-14-6-8/h2-6,16H,1H3. The Morgan fingerprint density at radius 1 is 1.44 bits per heavy atom. The number of hydrogen-bond acceptors (Lipinski definition) is 3. The first-order valence-electron chi connectivity index (χ1n) is 5.35. The van der Waals surface area contributed by atoms with Crippen LogP contribution in [0, 0.1) is 6.92 Å². The van der Waals surface area contributed by atoms with Crippen molar-refractivity contribution in [3.8, 4) is 11.3 Å². The molecule has 0 saturated carbocycles. The Balaban J connectivity index is 2.34. The van der Waals surface area contributed by atoms with E-state index < -0.39 is 0 Å². The molecule has 6 heteroatoms. The Hall–Kier alpha value is -1.95. The summed E-state index contributed by atoms with van der Waals surface area (Å²) in [4.78, 5) is 20.5. The van der Waals surface area contributed by atoms with Crippen molar-refractivity contribution < 1.29 is 0 Å². The molecule has 0 radical (unpaired) electrons. The molecule has 0 aliphatic carbocycles. The molecule has 0 unspecified atom stereocenters. The number of rotatable bonds is 1. The van der Waals surface area contributed by atoms with Crippen LogP contribution in [-0.4, -0.2) is 19.6 Å². The average molecular weight is 305 g/mol. The molecule has 0 aliphatic rings. The molecule has 0 aliphatic heterocycles. The largest absolute Gasteiger partial charge is 0.293 e. The third-order valence-corrected chi connectivity index (χ3v) is 3.63. The number of aromatic amines is 1. The van der Waals surface area contributed by atoms with Crippen molar-refractivity contribution in [2.45, 2.75) is 6.92 Å². The lowest BCUT2D eigenvalue weighted by Gasteiger charge is -2.00. The van der Waals surface area contributed by atoms with E-state index in [1.165, 1.54) is 10.6 Å². The number of hydrogen-bond donors (Lipinski definition) is 1. The number of nitrogens with zero attached hydrogens (tertiary/aromatic N) is 3. The van der Waals surface area contributed by atoms with Crippen LogP contribution in [0.3, 0.4) is 0 Å². The summed E-state index contributed by atoms with van der Waals surface area (Å²) in [5.74, 6) is 0. The Morgan fingerprint density at radius 2 is 2.28 bits per heavy atom. The predicted molar refractivity (Wildman–Crippen MR) is 71.5 cm³/mol. The van der Waals surface area contributed by atoms with E-state index in [0.29, 0.717) is 11.3 Å². The van der Waals surface area contributed by atoms with E-state index in [0.717, 1.165) is 15.7 Å². The first-order valence-corrected chi connectivity index (χ1v) is 6.14. The van der Waals surface area contributed by atoms with Gasteiger partial charge in [0.1, 0.15) is 0 Å². The number of pyridine rings is 1. The van der Waals surface area contributed by atoms with Gasteiger partial charge in [-0.2, -0.15) is 0 Å². The van der Waals surface area contributed by atoms with E-state index in [9.17, 15) is 4.79 Å². The van der Waals surface area contributed by atoms with Crippen molar-refractivity contribution in [1.29, 1.82) is 0 Å². The number of fused-ring (bicyclic) bond motifs is 1. The van der Waals surface area contributed by atoms with E-state index in [2.05, 4.69) is 31.0 Å². The summed E-state index contributed by atoms with van der Waals surface area (Å²) in [5.41, 5.74) is 2.74. The normalized spacial score (nSPS) is 11.0. The van der Waals surface area contributed by atoms with Crippen molar-refractivity contribution in [3.05, 3.63) is 51.1 Å². The van der Waals surface area contributed by atoms with Gasteiger partial charge in [-0.1, -0.05) is 0 Å². The molecule has 0 fully saturated rings. The fraction of sp³-hybridized carbons (Fsp3) is 0.0833. The van der Waals surface area contributed by atoms with Crippen LogP contribution < -0.4 is 5.56 Å². The minimum atomic E-state index is -0.146. The average Bonchev–Trinajstić information content (AvgIpc) is 2.68. The lowest BCUT2D eigenvalue weighted by atomic mass is 10.2. The zero-order chi connectivity index (χ0) is 12.7. The van der Waals surface area contributed by atoms with Gasteiger partial charge in [0.25, 0.3) is 5.56 Å². The van der Waals surface area contributed by atoms with E-state index in [-0.39, 0.29) is 5.56 Å². The van der Waals surface area contributed by atoms with Gasteiger partial charge in [-0.15, -0.1) is 0 Å². The second-order valence-corrected chi connectivity index (χ2v) is 4.72. The Bertz CT molecular complexity index is 776. The van der Waals surface area contributed by atoms with Gasteiger partial charge in [-0.25, -0.2) is 9.50 Å². The third-order valence-electron chi connectivity index (χ3n) is 2.68. The molecule has 0 saturated heterocycles.